The first-order valence-electron chi connectivity index (χ1n) is 6.77. The Morgan fingerprint density at radius 2 is 1.90 bits per heavy atom. The van der Waals surface area contributed by atoms with Crippen LogP contribution < -0.4 is 11.1 Å². The monoisotopic (exact) mass is 324 g/mol. The van der Waals surface area contributed by atoms with Crippen molar-refractivity contribution < 1.29 is 4.79 Å². The van der Waals surface area contributed by atoms with Crippen molar-refractivity contribution in [2.45, 2.75) is 31.8 Å². The second-order valence-corrected chi connectivity index (χ2v) is 6.02. The van der Waals surface area contributed by atoms with Gasteiger partial charge in [-0.2, -0.15) is 0 Å². The average Bonchev–Trinajstić information content (AvgIpc) is 2.92. The first-order valence-corrected chi connectivity index (χ1v) is 7.65. The number of halogens is 1. The molecule has 114 valence electrons. The van der Waals surface area contributed by atoms with Crippen LogP contribution in [0.5, 0.6) is 0 Å². The summed E-state index contributed by atoms with van der Waals surface area (Å²) in [4.78, 5) is 13.3. The predicted molar refractivity (Wildman–Crippen MR) is 91.0 cm³/mol. The van der Waals surface area contributed by atoms with Crippen molar-refractivity contribution in [2.75, 3.05) is 0 Å². The first-order chi connectivity index (χ1) is 9.65. The standard InChI is InChI=1S/C16H20N2OS.ClH/c1-12(10-14-8-5-9-20-14)18-16(19)15(17)11-13-6-3-2-4-7-13;/h2-9,12,15H,10-11,17H2,1H3,(H,18,19);1H. The lowest BCUT2D eigenvalue weighted by atomic mass is 10.1. The number of amides is 1. The molecule has 2 aromatic rings. The smallest absolute Gasteiger partial charge is 0.237 e. The Kier molecular flexibility index (Phi) is 7.43. The fourth-order valence-electron chi connectivity index (χ4n) is 2.09. The zero-order chi connectivity index (χ0) is 14.4. The van der Waals surface area contributed by atoms with Crippen LogP contribution in [-0.2, 0) is 17.6 Å². The van der Waals surface area contributed by atoms with Crippen molar-refractivity contribution in [3.63, 3.8) is 0 Å². The van der Waals surface area contributed by atoms with E-state index >= 15 is 0 Å². The highest BCUT2D eigenvalue weighted by atomic mass is 35.5. The van der Waals surface area contributed by atoms with E-state index in [4.69, 9.17) is 5.73 Å². The van der Waals surface area contributed by atoms with Crippen LogP contribution in [0.2, 0.25) is 0 Å². The lowest BCUT2D eigenvalue weighted by Gasteiger charge is -2.17. The molecule has 1 heterocycles. The van der Waals surface area contributed by atoms with Crippen LogP contribution in [0.1, 0.15) is 17.4 Å². The maximum Gasteiger partial charge on any atom is 0.237 e. The molecule has 0 bridgehead atoms. The zero-order valence-corrected chi connectivity index (χ0v) is 13.6. The van der Waals surface area contributed by atoms with E-state index in [0.29, 0.717) is 6.42 Å². The molecule has 3 nitrogen and oxygen atoms in total. The van der Waals surface area contributed by atoms with E-state index in [-0.39, 0.29) is 24.4 Å². The summed E-state index contributed by atoms with van der Waals surface area (Å²) in [6.45, 7) is 2.01. The summed E-state index contributed by atoms with van der Waals surface area (Å²) >= 11 is 1.71. The van der Waals surface area contributed by atoms with Gasteiger partial charge in [-0.3, -0.25) is 4.79 Å². The molecular formula is C16H21ClN2OS. The van der Waals surface area contributed by atoms with E-state index in [1.54, 1.807) is 11.3 Å². The van der Waals surface area contributed by atoms with E-state index < -0.39 is 6.04 Å². The van der Waals surface area contributed by atoms with Crippen molar-refractivity contribution in [3.8, 4) is 0 Å². The fraction of sp³-hybridized carbons (Fsp3) is 0.312. The van der Waals surface area contributed by atoms with Crippen LogP contribution in [0.25, 0.3) is 0 Å². The third-order valence-corrected chi connectivity index (χ3v) is 4.01. The van der Waals surface area contributed by atoms with Crippen LogP contribution in [-0.4, -0.2) is 18.0 Å². The molecule has 3 N–H and O–H groups in total. The third-order valence-electron chi connectivity index (χ3n) is 3.11. The molecule has 0 aliphatic heterocycles. The van der Waals surface area contributed by atoms with E-state index in [2.05, 4.69) is 11.4 Å². The van der Waals surface area contributed by atoms with E-state index in [0.717, 1.165) is 12.0 Å². The molecule has 0 saturated carbocycles. The summed E-state index contributed by atoms with van der Waals surface area (Å²) in [6, 6.07) is 13.6. The summed E-state index contributed by atoms with van der Waals surface area (Å²) in [7, 11) is 0. The predicted octanol–water partition coefficient (Wildman–Crippen LogP) is 2.79. The molecule has 2 rings (SSSR count). The van der Waals surface area contributed by atoms with Gasteiger partial charge in [-0.05, 0) is 30.4 Å². The molecule has 2 unspecified atom stereocenters. The SMILES string of the molecule is CC(Cc1cccs1)NC(=O)C(N)Cc1ccccc1.Cl. The second-order valence-electron chi connectivity index (χ2n) is 4.99. The van der Waals surface area contributed by atoms with Crippen molar-refractivity contribution in [2.24, 2.45) is 5.73 Å². The maximum atomic E-state index is 12.1. The summed E-state index contributed by atoms with van der Waals surface area (Å²) in [5.41, 5.74) is 7.05. The van der Waals surface area contributed by atoms with Gasteiger partial charge in [0.05, 0.1) is 6.04 Å². The van der Waals surface area contributed by atoms with Gasteiger partial charge in [0, 0.05) is 17.3 Å². The van der Waals surface area contributed by atoms with Crippen LogP contribution in [0.3, 0.4) is 0 Å². The molecule has 0 radical (unpaired) electrons. The minimum atomic E-state index is -0.497. The van der Waals surface area contributed by atoms with Gasteiger partial charge < -0.3 is 11.1 Å². The van der Waals surface area contributed by atoms with Crippen LogP contribution in [0.4, 0.5) is 0 Å². The Balaban J connectivity index is 0.00000220. The summed E-state index contributed by atoms with van der Waals surface area (Å²) < 4.78 is 0. The molecule has 1 amide bonds. The highest BCUT2D eigenvalue weighted by Crippen LogP contribution is 2.11. The number of thiophene rings is 1. The number of hydrogen-bond acceptors (Lipinski definition) is 3. The number of carbonyl (C=O) groups excluding carboxylic acids is 1. The van der Waals surface area contributed by atoms with Crippen LogP contribution >= 0.6 is 23.7 Å². The fourth-order valence-corrected chi connectivity index (χ4v) is 2.93. The van der Waals surface area contributed by atoms with Crippen molar-refractivity contribution in [1.82, 2.24) is 5.32 Å². The normalized spacial score (nSPS) is 13.0. The minimum absolute atomic E-state index is 0. The molecule has 21 heavy (non-hydrogen) atoms. The lowest BCUT2D eigenvalue weighted by molar-refractivity contribution is -0.122. The Bertz CT molecular complexity index is 530. The number of rotatable bonds is 6. The first kappa shape index (κ1) is 17.7. The molecule has 0 fully saturated rings. The van der Waals surface area contributed by atoms with Gasteiger partial charge in [0.1, 0.15) is 0 Å². The molecule has 2 atom stereocenters. The Morgan fingerprint density at radius 1 is 1.19 bits per heavy atom. The molecule has 0 spiro atoms. The van der Waals surface area contributed by atoms with Gasteiger partial charge in [0.2, 0.25) is 5.91 Å². The number of carbonyl (C=O) groups is 1. The number of benzene rings is 1. The number of nitrogens with one attached hydrogen (secondary N) is 1. The molecular weight excluding hydrogens is 304 g/mol. The maximum absolute atomic E-state index is 12.1. The average molecular weight is 325 g/mol. The van der Waals surface area contributed by atoms with Gasteiger partial charge in [-0.1, -0.05) is 36.4 Å². The van der Waals surface area contributed by atoms with Crippen LogP contribution in [0, 0.1) is 0 Å². The minimum Gasteiger partial charge on any atom is -0.352 e. The third kappa shape index (κ3) is 5.87. The summed E-state index contributed by atoms with van der Waals surface area (Å²) in [6.07, 6.45) is 1.42. The van der Waals surface area contributed by atoms with Crippen LogP contribution in [0.15, 0.2) is 47.8 Å². The highest BCUT2D eigenvalue weighted by molar-refractivity contribution is 7.09. The van der Waals surface area contributed by atoms with Gasteiger partial charge in [-0.15, -0.1) is 23.7 Å². The second kappa shape index (κ2) is 8.82. The Hall–Kier alpha value is -1.36. The molecule has 0 aliphatic carbocycles. The number of nitrogens with two attached hydrogens (primary N) is 1. The van der Waals surface area contributed by atoms with Crippen molar-refractivity contribution >= 4 is 29.7 Å². The van der Waals surface area contributed by atoms with Gasteiger partial charge in [0.25, 0.3) is 0 Å². The van der Waals surface area contributed by atoms with Crippen molar-refractivity contribution in [3.05, 3.63) is 58.3 Å². The topological polar surface area (TPSA) is 55.1 Å². The zero-order valence-electron chi connectivity index (χ0n) is 12.0. The molecule has 0 saturated heterocycles. The summed E-state index contributed by atoms with van der Waals surface area (Å²) in [5, 5.41) is 5.03. The summed E-state index contributed by atoms with van der Waals surface area (Å²) in [5.74, 6) is -0.0853. The molecule has 0 aliphatic rings. The highest BCUT2D eigenvalue weighted by Gasteiger charge is 2.16. The van der Waals surface area contributed by atoms with E-state index in [1.165, 1.54) is 4.88 Å². The largest absolute Gasteiger partial charge is 0.352 e. The van der Waals surface area contributed by atoms with E-state index in [1.807, 2.05) is 48.7 Å². The van der Waals surface area contributed by atoms with E-state index in [9.17, 15) is 4.79 Å². The number of hydrogen-bond donors (Lipinski definition) is 2. The van der Waals surface area contributed by atoms with Crippen molar-refractivity contribution in [1.29, 1.82) is 0 Å². The molecule has 5 heteroatoms. The molecule has 1 aromatic heterocycles. The van der Waals surface area contributed by atoms with Gasteiger partial charge >= 0.3 is 0 Å². The quantitative estimate of drug-likeness (QED) is 0.858. The lowest BCUT2D eigenvalue weighted by Crippen LogP contribution is -2.46. The Labute approximate surface area is 136 Å². The Morgan fingerprint density at radius 3 is 2.52 bits per heavy atom. The van der Waals surface area contributed by atoms with Gasteiger partial charge in [-0.25, -0.2) is 0 Å². The molecule has 1 aromatic carbocycles. The van der Waals surface area contributed by atoms with Gasteiger partial charge in [0.15, 0.2) is 0 Å².